The Morgan fingerprint density at radius 1 is 1.42 bits per heavy atom. The van der Waals surface area contributed by atoms with Gasteiger partial charge in [-0.2, -0.15) is 13.2 Å². The Kier molecular flexibility index (Phi) is 4.65. The molecule has 1 aliphatic carbocycles. The highest BCUT2D eigenvalue weighted by Crippen LogP contribution is 2.30. The molecule has 1 fully saturated rings. The number of aromatic nitrogens is 1. The standard InChI is InChI=1S/C12H14ClF3N2O/c13-10-5-11(12(14,15)16)18-7-8(10)6-17-3-4-19-9-1-2-9/h5,7,9,17H,1-4,6H2. The van der Waals surface area contributed by atoms with E-state index in [1.807, 2.05) is 0 Å². The van der Waals surface area contributed by atoms with Crippen LogP contribution in [0.5, 0.6) is 0 Å². The largest absolute Gasteiger partial charge is 0.433 e. The number of halogens is 4. The van der Waals surface area contributed by atoms with E-state index in [2.05, 4.69) is 10.3 Å². The molecule has 0 spiro atoms. The van der Waals surface area contributed by atoms with Crippen LogP contribution in [0, 0.1) is 0 Å². The van der Waals surface area contributed by atoms with Crippen molar-refractivity contribution in [3.05, 3.63) is 28.5 Å². The number of ether oxygens (including phenoxy) is 1. The molecule has 7 heteroatoms. The molecule has 0 aliphatic heterocycles. The van der Waals surface area contributed by atoms with E-state index in [4.69, 9.17) is 16.3 Å². The average Bonchev–Trinajstić information content (AvgIpc) is 3.13. The molecule has 0 aromatic carbocycles. The molecule has 0 radical (unpaired) electrons. The van der Waals surface area contributed by atoms with Gasteiger partial charge in [-0.25, -0.2) is 0 Å². The fourth-order valence-corrected chi connectivity index (χ4v) is 1.72. The molecule has 0 saturated heterocycles. The minimum Gasteiger partial charge on any atom is -0.377 e. The number of hydrogen-bond acceptors (Lipinski definition) is 3. The molecule has 0 atom stereocenters. The van der Waals surface area contributed by atoms with Gasteiger partial charge >= 0.3 is 6.18 Å². The quantitative estimate of drug-likeness (QED) is 0.819. The number of hydrogen-bond donors (Lipinski definition) is 1. The lowest BCUT2D eigenvalue weighted by atomic mass is 10.2. The molecule has 106 valence electrons. The summed E-state index contributed by atoms with van der Waals surface area (Å²) < 4.78 is 42.6. The first kappa shape index (κ1) is 14.6. The van der Waals surface area contributed by atoms with Gasteiger partial charge in [-0.05, 0) is 18.9 Å². The Hall–Kier alpha value is -0.850. The van der Waals surface area contributed by atoms with E-state index in [-0.39, 0.29) is 5.02 Å². The predicted octanol–water partition coefficient (Wildman–Crippen LogP) is 3.02. The summed E-state index contributed by atoms with van der Waals surface area (Å²) in [5.41, 5.74) is -0.431. The lowest BCUT2D eigenvalue weighted by Crippen LogP contribution is -2.20. The van der Waals surface area contributed by atoms with Crippen LogP contribution >= 0.6 is 11.6 Å². The Labute approximate surface area is 114 Å². The lowest BCUT2D eigenvalue weighted by Gasteiger charge is -2.10. The summed E-state index contributed by atoms with van der Waals surface area (Å²) in [6.45, 7) is 1.60. The molecule has 1 N–H and O–H groups in total. The van der Waals surface area contributed by atoms with Gasteiger partial charge in [0.1, 0.15) is 5.69 Å². The van der Waals surface area contributed by atoms with Crippen molar-refractivity contribution in [2.45, 2.75) is 31.7 Å². The molecule has 0 unspecified atom stereocenters. The SMILES string of the molecule is FC(F)(F)c1cc(Cl)c(CNCCOC2CC2)cn1. The Morgan fingerprint density at radius 3 is 2.74 bits per heavy atom. The average molecular weight is 295 g/mol. The zero-order valence-corrected chi connectivity index (χ0v) is 10.9. The van der Waals surface area contributed by atoms with Crippen molar-refractivity contribution >= 4 is 11.6 Å². The van der Waals surface area contributed by atoms with E-state index in [1.165, 1.54) is 0 Å². The Balaban J connectivity index is 1.79. The third-order valence-corrected chi connectivity index (χ3v) is 3.04. The van der Waals surface area contributed by atoms with Gasteiger partial charge in [-0.3, -0.25) is 4.98 Å². The molecule has 1 aliphatic rings. The third kappa shape index (κ3) is 4.63. The van der Waals surface area contributed by atoms with Crippen molar-refractivity contribution in [1.82, 2.24) is 10.3 Å². The summed E-state index contributed by atoms with van der Waals surface area (Å²) in [5, 5.41) is 3.12. The monoisotopic (exact) mass is 294 g/mol. The molecule has 2 rings (SSSR count). The van der Waals surface area contributed by atoms with E-state index < -0.39 is 11.9 Å². The molecular formula is C12H14ClF3N2O. The number of nitrogens with one attached hydrogen (secondary N) is 1. The van der Waals surface area contributed by atoms with E-state index in [1.54, 1.807) is 0 Å². The van der Waals surface area contributed by atoms with E-state index >= 15 is 0 Å². The van der Waals surface area contributed by atoms with Gasteiger partial charge in [0.15, 0.2) is 0 Å². The molecule has 1 aromatic heterocycles. The van der Waals surface area contributed by atoms with Crippen molar-refractivity contribution in [3.63, 3.8) is 0 Å². The van der Waals surface area contributed by atoms with Gasteiger partial charge in [0.25, 0.3) is 0 Å². The number of nitrogens with zero attached hydrogens (tertiary/aromatic N) is 1. The van der Waals surface area contributed by atoms with Gasteiger partial charge < -0.3 is 10.1 Å². The molecule has 1 aromatic rings. The highest BCUT2D eigenvalue weighted by atomic mass is 35.5. The van der Waals surface area contributed by atoms with Crippen LogP contribution in [-0.4, -0.2) is 24.2 Å². The molecule has 1 heterocycles. The van der Waals surface area contributed by atoms with Crippen molar-refractivity contribution in [2.24, 2.45) is 0 Å². The topological polar surface area (TPSA) is 34.1 Å². The second-order valence-electron chi connectivity index (χ2n) is 4.41. The van der Waals surface area contributed by atoms with Crippen LogP contribution in [0.2, 0.25) is 5.02 Å². The van der Waals surface area contributed by atoms with E-state index in [9.17, 15) is 13.2 Å². The van der Waals surface area contributed by atoms with Crippen LogP contribution in [0.4, 0.5) is 13.2 Å². The van der Waals surface area contributed by atoms with Crippen molar-refractivity contribution in [2.75, 3.05) is 13.2 Å². The molecule has 3 nitrogen and oxygen atoms in total. The van der Waals surface area contributed by atoms with Crippen molar-refractivity contribution in [3.8, 4) is 0 Å². The van der Waals surface area contributed by atoms with Gasteiger partial charge in [-0.15, -0.1) is 0 Å². The van der Waals surface area contributed by atoms with Crippen molar-refractivity contribution in [1.29, 1.82) is 0 Å². The first-order chi connectivity index (χ1) is 8.97. The highest BCUT2D eigenvalue weighted by Gasteiger charge is 2.32. The maximum absolute atomic E-state index is 12.4. The molecule has 0 bridgehead atoms. The zero-order chi connectivity index (χ0) is 13.9. The maximum Gasteiger partial charge on any atom is 0.433 e. The summed E-state index contributed by atoms with van der Waals surface area (Å²) >= 11 is 5.80. The van der Waals surface area contributed by atoms with Crippen molar-refractivity contribution < 1.29 is 17.9 Å². The normalized spacial score (nSPS) is 15.8. The predicted molar refractivity (Wildman–Crippen MR) is 64.9 cm³/mol. The molecule has 19 heavy (non-hydrogen) atoms. The van der Waals surface area contributed by atoms with Crippen LogP contribution in [0.25, 0.3) is 0 Å². The van der Waals surface area contributed by atoms with Gasteiger partial charge in [-0.1, -0.05) is 11.6 Å². The first-order valence-electron chi connectivity index (χ1n) is 6.01. The Bertz CT molecular complexity index is 435. The third-order valence-electron chi connectivity index (χ3n) is 2.69. The number of alkyl halides is 3. The lowest BCUT2D eigenvalue weighted by molar-refractivity contribution is -0.141. The van der Waals surface area contributed by atoms with Crippen LogP contribution in [0.15, 0.2) is 12.3 Å². The summed E-state index contributed by atoms with van der Waals surface area (Å²) in [4.78, 5) is 3.37. The Morgan fingerprint density at radius 2 is 2.16 bits per heavy atom. The minimum atomic E-state index is -4.46. The minimum absolute atomic E-state index is 0.0675. The highest BCUT2D eigenvalue weighted by molar-refractivity contribution is 6.31. The van der Waals surface area contributed by atoms with Gasteiger partial charge in [0, 0.05) is 29.9 Å². The van der Waals surface area contributed by atoms with Crippen LogP contribution in [0.3, 0.4) is 0 Å². The fraction of sp³-hybridized carbons (Fsp3) is 0.583. The zero-order valence-electron chi connectivity index (χ0n) is 10.1. The summed E-state index contributed by atoms with van der Waals surface area (Å²) in [7, 11) is 0. The van der Waals surface area contributed by atoms with Crippen LogP contribution < -0.4 is 5.32 Å². The molecular weight excluding hydrogens is 281 g/mol. The molecule has 1 saturated carbocycles. The van der Waals surface area contributed by atoms with Crippen LogP contribution in [0.1, 0.15) is 24.1 Å². The van der Waals surface area contributed by atoms with E-state index in [0.29, 0.717) is 31.4 Å². The fourth-order valence-electron chi connectivity index (χ4n) is 1.50. The number of pyridine rings is 1. The summed E-state index contributed by atoms with van der Waals surface area (Å²) in [5.74, 6) is 0. The van der Waals surface area contributed by atoms with E-state index in [0.717, 1.165) is 25.1 Å². The summed E-state index contributed by atoms with van der Waals surface area (Å²) in [6.07, 6.45) is -0.671. The molecule has 0 amide bonds. The second kappa shape index (κ2) is 6.07. The van der Waals surface area contributed by atoms with Gasteiger partial charge in [0.05, 0.1) is 12.7 Å². The summed E-state index contributed by atoms with van der Waals surface area (Å²) in [6, 6.07) is 0.846. The first-order valence-corrected chi connectivity index (χ1v) is 6.38. The van der Waals surface area contributed by atoms with Gasteiger partial charge in [0.2, 0.25) is 0 Å². The number of rotatable bonds is 6. The van der Waals surface area contributed by atoms with Crippen LogP contribution in [-0.2, 0) is 17.5 Å². The smallest absolute Gasteiger partial charge is 0.377 e. The second-order valence-corrected chi connectivity index (χ2v) is 4.81. The maximum atomic E-state index is 12.4.